The van der Waals surface area contributed by atoms with Crippen molar-refractivity contribution in [3.05, 3.63) is 17.8 Å². The third kappa shape index (κ3) is 3.52. The molecule has 0 aromatic carbocycles. The molecule has 5 heteroatoms. The van der Waals surface area contributed by atoms with Gasteiger partial charge in [0, 0.05) is 25.0 Å². The van der Waals surface area contributed by atoms with Crippen LogP contribution in [0.1, 0.15) is 45.1 Å². The maximum atomic E-state index is 11.9. The summed E-state index contributed by atoms with van der Waals surface area (Å²) in [6, 6.07) is 3.99. The molecule has 1 saturated heterocycles. The van der Waals surface area contributed by atoms with Gasteiger partial charge in [-0.05, 0) is 18.9 Å². The molecule has 0 saturated carbocycles. The molecule has 21 heavy (non-hydrogen) atoms. The molecule has 1 aliphatic heterocycles. The fourth-order valence-corrected chi connectivity index (χ4v) is 2.53. The van der Waals surface area contributed by atoms with E-state index < -0.39 is 0 Å². The molecule has 1 aromatic rings. The molecule has 0 N–H and O–H groups in total. The lowest BCUT2D eigenvalue weighted by Gasteiger charge is -2.12. The molecule has 1 amide bonds. The highest BCUT2D eigenvalue weighted by Gasteiger charge is 2.25. The third-order valence-corrected chi connectivity index (χ3v) is 3.65. The molecule has 0 aliphatic carbocycles. The Morgan fingerprint density at radius 1 is 1.33 bits per heavy atom. The minimum Gasteiger partial charge on any atom is -0.337 e. The van der Waals surface area contributed by atoms with Crippen molar-refractivity contribution in [1.82, 2.24) is 9.47 Å². The van der Waals surface area contributed by atoms with Crippen LogP contribution in [0.5, 0.6) is 0 Å². The first-order valence-corrected chi connectivity index (χ1v) is 7.63. The van der Waals surface area contributed by atoms with E-state index in [2.05, 4.69) is 24.9 Å². The van der Waals surface area contributed by atoms with Gasteiger partial charge < -0.3 is 9.47 Å². The van der Waals surface area contributed by atoms with Gasteiger partial charge in [-0.1, -0.05) is 20.3 Å². The Balaban J connectivity index is 2.22. The smallest absolute Gasteiger partial charge is 0.228 e. The minimum absolute atomic E-state index is 0.140. The number of aliphatic imine (C=N–C) groups is 1. The predicted molar refractivity (Wildman–Crippen MR) is 82.6 cm³/mol. The van der Waals surface area contributed by atoms with E-state index in [-0.39, 0.29) is 5.91 Å². The lowest BCUT2D eigenvalue weighted by Crippen LogP contribution is -2.25. The number of nitrogens with zero attached hydrogens (tertiary/aromatic N) is 4. The maximum Gasteiger partial charge on any atom is 0.228 e. The van der Waals surface area contributed by atoms with Crippen LogP contribution in [0.2, 0.25) is 0 Å². The molecule has 2 rings (SSSR count). The summed E-state index contributed by atoms with van der Waals surface area (Å²) < 4.78 is 2.02. The van der Waals surface area contributed by atoms with Gasteiger partial charge >= 0.3 is 0 Å². The van der Waals surface area contributed by atoms with E-state index in [9.17, 15) is 10.1 Å². The summed E-state index contributed by atoms with van der Waals surface area (Å²) in [6.07, 6.45) is 5.39. The number of hydrogen-bond donors (Lipinski definition) is 0. The quantitative estimate of drug-likeness (QED) is 0.807. The van der Waals surface area contributed by atoms with E-state index >= 15 is 0 Å². The number of carbonyl (C=O) groups excluding carboxylic acids is 1. The summed E-state index contributed by atoms with van der Waals surface area (Å²) in [5, 5.41) is 9.21. The van der Waals surface area contributed by atoms with E-state index in [0.29, 0.717) is 24.3 Å². The van der Waals surface area contributed by atoms with Crippen LogP contribution in [-0.4, -0.2) is 34.2 Å². The van der Waals surface area contributed by atoms with E-state index in [4.69, 9.17) is 0 Å². The Bertz CT molecular complexity index is 580. The lowest BCUT2D eigenvalue weighted by molar-refractivity contribution is -0.127. The van der Waals surface area contributed by atoms with Gasteiger partial charge in [0.25, 0.3) is 0 Å². The molecular weight excluding hydrogens is 264 g/mol. The molecule has 1 aliphatic rings. The number of unbranched alkanes of at least 4 members (excludes halogenated alkanes) is 1. The van der Waals surface area contributed by atoms with Crippen LogP contribution in [0.25, 0.3) is 0 Å². The molecule has 1 aromatic heterocycles. The molecular formula is C16H22N4O. The third-order valence-electron chi connectivity index (χ3n) is 3.65. The van der Waals surface area contributed by atoms with Crippen molar-refractivity contribution in [1.29, 1.82) is 5.26 Å². The summed E-state index contributed by atoms with van der Waals surface area (Å²) in [6.45, 7) is 6.43. The van der Waals surface area contributed by atoms with Gasteiger partial charge in [0.2, 0.25) is 5.91 Å². The van der Waals surface area contributed by atoms with Crippen LogP contribution in [0, 0.1) is 11.3 Å². The number of rotatable bonds is 6. The minimum atomic E-state index is 0.140. The van der Waals surface area contributed by atoms with Gasteiger partial charge in [0.05, 0.1) is 18.5 Å². The lowest BCUT2D eigenvalue weighted by atomic mass is 10.3. The monoisotopic (exact) mass is 286 g/mol. The molecule has 0 bridgehead atoms. The van der Waals surface area contributed by atoms with E-state index in [1.54, 1.807) is 6.07 Å². The Labute approximate surface area is 125 Å². The fraction of sp³-hybridized carbons (Fsp3) is 0.562. The van der Waals surface area contributed by atoms with Crippen LogP contribution in [-0.2, 0) is 11.3 Å². The zero-order chi connectivity index (χ0) is 15.2. The van der Waals surface area contributed by atoms with Gasteiger partial charge in [-0.15, -0.1) is 0 Å². The average Bonchev–Trinajstić information content (AvgIpc) is 3.01. The molecule has 0 spiro atoms. The SMILES string of the molecule is CCCCn1ccc(C#N)c1N=C1CC(=O)N(CCC)C1. The standard InChI is InChI=1S/C16H22N4O/c1-3-5-8-19-9-6-13(11-17)16(19)18-14-10-15(21)20(12-14)7-4-2/h6,9H,3-5,7-8,10,12H2,1-2H3. The summed E-state index contributed by atoms with van der Waals surface area (Å²) in [7, 11) is 0. The Hall–Kier alpha value is -2.09. The van der Waals surface area contributed by atoms with Gasteiger partial charge in [-0.2, -0.15) is 5.26 Å². The average molecular weight is 286 g/mol. The Kier molecular flexibility index (Phi) is 5.15. The normalized spacial score (nSPS) is 16.7. The number of aryl methyl sites for hydroxylation is 1. The molecule has 112 valence electrons. The van der Waals surface area contributed by atoms with Crippen LogP contribution in [0.15, 0.2) is 17.3 Å². The maximum absolute atomic E-state index is 11.9. The first-order chi connectivity index (χ1) is 10.2. The molecule has 0 atom stereocenters. The number of aromatic nitrogens is 1. The number of amides is 1. The van der Waals surface area contributed by atoms with Crippen LogP contribution in [0.3, 0.4) is 0 Å². The number of carbonyl (C=O) groups is 1. The van der Waals surface area contributed by atoms with Gasteiger partial charge in [-0.25, -0.2) is 4.99 Å². The number of nitriles is 1. The van der Waals surface area contributed by atoms with Crippen molar-refractivity contribution >= 4 is 17.4 Å². The molecule has 5 nitrogen and oxygen atoms in total. The van der Waals surface area contributed by atoms with Gasteiger partial charge in [-0.3, -0.25) is 4.79 Å². The zero-order valence-electron chi connectivity index (χ0n) is 12.8. The first kappa shape index (κ1) is 15.3. The van der Waals surface area contributed by atoms with Crippen molar-refractivity contribution < 1.29 is 4.79 Å². The van der Waals surface area contributed by atoms with Crippen LogP contribution < -0.4 is 0 Å². The highest BCUT2D eigenvalue weighted by molar-refractivity contribution is 6.09. The second-order valence-corrected chi connectivity index (χ2v) is 5.38. The van der Waals surface area contributed by atoms with Gasteiger partial charge in [0.15, 0.2) is 5.82 Å². The van der Waals surface area contributed by atoms with Crippen molar-refractivity contribution in [3.63, 3.8) is 0 Å². The highest BCUT2D eigenvalue weighted by Crippen LogP contribution is 2.23. The predicted octanol–water partition coefficient (Wildman–Crippen LogP) is 2.87. The van der Waals surface area contributed by atoms with E-state index in [1.807, 2.05) is 15.7 Å². The van der Waals surface area contributed by atoms with Crippen molar-refractivity contribution in [2.75, 3.05) is 13.1 Å². The molecule has 0 radical (unpaired) electrons. The number of hydrogen-bond acceptors (Lipinski definition) is 3. The van der Waals surface area contributed by atoms with Gasteiger partial charge in [0.1, 0.15) is 6.07 Å². The molecule has 2 heterocycles. The van der Waals surface area contributed by atoms with Crippen LogP contribution in [0.4, 0.5) is 5.82 Å². The second-order valence-electron chi connectivity index (χ2n) is 5.38. The Morgan fingerprint density at radius 2 is 2.14 bits per heavy atom. The Morgan fingerprint density at radius 3 is 2.81 bits per heavy atom. The topological polar surface area (TPSA) is 61.4 Å². The van der Waals surface area contributed by atoms with Crippen LogP contribution >= 0.6 is 0 Å². The van der Waals surface area contributed by atoms with E-state index in [0.717, 1.165) is 38.1 Å². The molecule has 0 unspecified atom stereocenters. The van der Waals surface area contributed by atoms with Crippen molar-refractivity contribution in [2.24, 2.45) is 4.99 Å². The number of likely N-dealkylation sites (tertiary alicyclic amines) is 1. The first-order valence-electron chi connectivity index (χ1n) is 7.63. The summed E-state index contributed by atoms with van der Waals surface area (Å²) in [4.78, 5) is 18.3. The van der Waals surface area contributed by atoms with Crippen molar-refractivity contribution in [3.8, 4) is 6.07 Å². The van der Waals surface area contributed by atoms with Crippen molar-refractivity contribution in [2.45, 2.75) is 46.1 Å². The molecule has 1 fully saturated rings. The zero-order valence-corrected chi connectivity index (χ0v) is 12.8. The fourth-order valence-electron chi connectivity index (χ4n) is 2.53. The second kappa shape index (κ2) is 7.07. The summed E-state index contributed by atoms with van der Waals surface area (Å²) >= 11 is 0. The summed E-state index contributed by atoms with van der Waals surface area (Å²) in [5.41, 5.74) is 1.45. The highest BCUT2D eigenvalue weighted by atomic mass is 16.2. The van der Waals surface area contributed by atoms with E-state index in [1.165, 1.54) is 0 Å². The summed E-state index contributed by atoms with van der Waals surface area (Å²) in [5.74, 6) is 0.841. The largest absolute Gasteiger partial charge is 0.337 e.